The lowest BCUT2D eigenvalue weighted by Gasteiger charge is -2.40. The van der Waals surface area contributed by atoms with Crippen molar-refractivity contribution in [2.24, 2.45) is 18.0 Å². The van der Waals surface area contributed by atoms with E-state index in [-0.39, 0.29) is 29.9 Å². The maximum Gasteiger partial charge on any atom is 0.246 e. The zero-order valence-electron chi connectivity index (χ0n) is 19.3. The van der Waals surface area contributed by atoms with E-state index in [0.29, 0.717) is 25.0 Å². The molecule has 1 aromatic heterocycles. The molecule has 3 heterocycles. The maximum atomic E-state index is 12.8. The van der Waals surface area contributed by atoms with Crippen LogP contribution in [0, 0.1) is 5.92 Å². The number of guanidine groups is 1. The Bertz CT molecular complexity index is 716. The molecule has 31 heavy (non-hydrogen) atoms. The van der Waals surface area contributed by atoms with Crippen LogP contribution in [0.25, 0.3) is 0 Å². The van der Waals surface area contributed by atoms with E-state index >= 15 is 0 Å². The number of aliphatic imine (C=N–C) groups is 1. The van der Waals surface area contributed by atoms with Gasteiger partial charge in [0.15, 0.2) is 5.96 Å². The average molecular weight is 547 g/mol. The van der Waals surface area contributed by atoms with Crippen LogP contribution < -0.4 is 10.2 Å². The highest BCUT2D eigenvalue weighted by atomic mass is 127. The lowest BCUT2D eigenvalue weighted by atomic mass is 9.92. The normalized spacial score (nSPS) is 19.5. The Morgan fingerprint density at radius 2 is 1.94 bits per heavy atom. The van der Waals surface area contributed by atoms with Crippen LogP contribution in [0.5, 0.6) is 0 Å². The Morgan fingerprint density at radius 3 is 2.48 bits per heavy atom. The molecule has 1 N–H and O–H groups in total. The molecule has 176 valence electrons. The summed E-state index contributed by atoms with van der Waals surface area (Å²) in [5.41, 5.74) is 0.853. The van der Waals surface area contributed by atoms with Gasteiger partial charge in [0.25, 0.3) is 0 Å². The van der Waals surface area contributed by atoms with Crippen molar-refractivity contribution in [2.45, 2.75) is 32.7 Å². The Kier molecular flexibility index (Phi) is 10.5. The monoisotopic (exact) mass is 547 g/mol. The van der Waals surface area contributed by atoms with Gasteiger partial charge in [0.2, 0.25) is 5.91 Å². The predicted octanol–water partition coefficient (Wildman–Crippen LogP) is 1.40. The van der Waals surface area contributed by atoms with Gasteiger partial charge in [-0.25, -0.2) is 0 Å². The second kappa shape index (κ2) is 12.6. The first kappa shape index (κ1) is 25.9. The first-order valence-corrected chi connectivity index (χ1v) is 11.1. The van der Waals surface area contributed by atoms with Gasteiger partial charge in [-0.1, -0.05) is 26.7 Å². The van der Waals surface area contributed by atoms with E-state index in [2.05, 4.69) is 39.1 Å². The van der Waals surface area contributed by atoms with Crippen LogP contribution in [0.15, 0.2) is 17.4 Å². The second-order valence-corrected chi connectivity index (χ2v) is 8.06. The highest BCUT2D eigenvalue weighted by molar-refractivity contribution is 14.0. The Morgan fingerprint density at radius 1 is 1.23 bits per heavy atom. The van der Waals surface area contributed by atoms with E-state index in [4.69, 9.17) is 4.74 Å². The first-order valence-electron chi connectivity index (χ1n) is 11.1. The van der Waals surface area contributed by atoms with Crippen molar-refractivity contribution < 1.29 is 9.53 Å². The van der Waals surface area contributed by atoms with Crippen molar-refractivity contribution in [2.75, 3.05) is 64.4 Å². The fourth-order valence-corrected chi connectivity index (χ4v) is 4.54. The van der Waals surface area contributed by atoms with E-state index < -0.39 is 0 Å². The molecule has 0 aromatic carbocycles. The number of ether oxygens (including phenoxy) is 1. The number of morpholine rings is 1. The van der Waals surface area contributed by atoms with Crippen LogP contribution in [0.2, 0.25) is 0 Å². The van der Waals surface area contributed by atoms with Crippen LogP contribution in [0.1, 0.15) is 26.7 Å². The molecule has 9 nitrogen and oxygen atoms in total. The quantitative estimate of drug-likeness (QED) is 0.316. The van der Waals surface area contributed by atoms with Gasteiger partial charge in [-0.05, 0) is 5.92 Å². The van der Waals surface area contributed by atoms with Crippen molar-refractivity contribution in [3.05, 3.63) is 12.4 Å². The number of aryl methyl sites for hydroxylation is 1. The first-order chi connectivity index (χ1) is 14.6. The van der Waals surface area contributed by atoms with Gasteiger partial charge in [0.05, 0.1) is 25.1 Å². The summed E-state index contributed by atoms with van der Waals surface area (Å²) >= 11 is 0. The number of carbonyl (C=O) groups is 1. The van der Waals surface area contributed by atoms with Gasteiger partial charge >= 0.3 is 0 Å². The maximum absolute atomic E-state index is 12.8. The van der Waals surface area contributed by atoms with Crippen LogP contribution in [-0.2, 0) is 16.6 Å². The zero-order valence-corrected chi connectivity index (χ0v) is 21.6. The van der Waals surface area contributed by atoms with Crippen LogP contribution in [0.4, 0.5) is 5.69 Å². The van der Waals surface area contributed by atoms with Gasteiger partial charge in [-0.15, -0.1) is 24.0 Å². The molecular weight excluding hydrogens is 509 g/mol. The number of nitrogens with zero attached hydrogens (tertiary/aromatic N) is 6. The molecule has 0 aliphatic carbocycles. The minimum absolute atomic E-state index is 0. The van der Waals surface area contributed by atoms with E-state index in [1.807, 2.05) is 13.2 Å². The topological polar surface area (TPSA) is 78.2 Å². The number of nitrogens with one attached hydrogen (secondary N) is 1. The summed E-state index contributed by atoms with van der Waals surface area (Å²) in [6.07, 6.45) is 5.93. The Balaban J connectivity index is 0.00000341. The number of rotatable bonds is 7. The standard InChI is InChI=1S/C21H37N7O2.HI/c1-5-17(6-2)19(26-9-11-30-12-10-26)14-23-21(22-3)27-7-8-28(20(29)16-27)18-13-24-25(4)15-18;/h13,15,17,19H,5-12,14,16H2,1-4H3,(H,22,23);1H. The average Bonchev–Trinajstić information content (AvgIpc) is 3.20. The minimum Gasteiger partial charge on any atom is -0.379 e. The van der Waals surface area contributed by atoms with E-state index in [1.165, 1.54) is 0 Å². The van der Waals surface area contributed by atoms with E-state index in [9.17, 15) is 4.79 Å². The van der Waals surface area contributed by atoms with Gasteiger partial charge in [-0.2, -0.15) is 5.10 Å². The van der Waals surface area contributed by atoms with Gasteiger partial charge in [0, 0.05) is 59.1 Å². The highest BCUT2D eigenvalue weighted by Gasteiger charge is 2.30. The lowest BCUT2D eigenvalue weighted by Crippen LogP contribution is -2.58. The molecule has 2 saturated heterocycles. The molecule has 1 unspecified atom stereocenters. The summed E-state index contributed by atoms with van der Waals surface area (Å²) in [4.78, 5) is 23.6. The molecule has 0 saturated carbocycles. The van der Waals surface area contributed by atoms with Crippen molar-refractivity contribution >= 4 is 41.5 Å². The summed E-state index contributed by atoms with van der Waals surface area (Å²) in [6.45, 7) is 10.6. The zero-order chi connectivity index (χ0) is 21.5. The summed E-state index contributed by atoms with van der Waals surface area (Å²) < 4.78 is 7.28. The van der Waals surface area contributed by atoms with Gasteiger partial charge in [-0.3, -0.25) is 19.4 Å². The SMILES string of the molecule is CCC(CC)C(CNC(=NC)N1CCN(c2cnn(C)c2)C(=O)C1)N1CCOCC1.I. The van der Waals surface area contributed by atoms with Crippen molar-refractivity contribution in [3.63, 3.8) is 0 Å². The summed E-state index contributed by atoms with van der Waals surface area (Å²) in [5, 5.41) is 7.75. The number of aromatic nitrogens is 2. The molecule has 1 atom stereocenters. The van der Waals surface area contributed by atoms with Gasteiger partial charge < -0.3 is 19.9 Å². The molecular formula is C21H38IN7O2. The lowest BCUT2D eigenvalue weighted by molar-refractivity contribution is -0.120. The third kappa shape index (κ3) is 6.55. The third-order valence-corrected chi connectivity index (χ3v) is 6.31. The van der Waals surface area contributed by atoms with Crippen LogP contribution in [0.3, 0.4) is 0 Å². The number of amides is 1. The molecule has 2 aliphatic heterocycles. The molecule has 0 bridgehead atoms. The van der Waals surface area contributed by atoms with Crippen molar-refractivity contribution in [1.29, 1.82) is 0 Å². The number of halogens is 1. The van der Waals surface area contributed by atoms with Gasteiger partial charge in [0.1, 0.15) is 6.54 Å². The fraction of sp³-hybridized carbons (Fsp3) is 0.762. The summed E-state index contributed by atoms with van der Waals surface area (Å²) in [6, 6.07) is 0.438. The predicted molar refractivity (Wildman–Crippen MR) is 134 cm³/mol. The molecule has 2 fully saturated rings. The number of hydrogen-bond donors (Lipinski definition) is 1. The third-order valence-electron chi connectivity index (χ3n) is 6.31. The minimum atomic E-state index is 0. The van der Waals surface area contributed by atoms with E-state index in [0.717, 1.165) is 63.9 Å². The molecule has 0 spiro atoms. The molecule has 1 amide bonds. The Labute approximate surface area is 203 Å². The molecule has 1 aromatic rings. The fourth-order valence-electron chi connectivity index (χ4n) is 4.54. The summed E-state index contributed by atoms with van der Waals surface area (Å²) in [5.74, 6) is 1.50. The number of hydrogen-bond acceptors (Lipinski definition) is 5. The second-order valence-electron chi connectivity index (χ2n) is 8.06. The smallest absolute Gasteiger partial charge is 0.246 e. The van der Waals surface area contributed by atoms with E-state index in [1.54, 1.807) is 22.8 Å². The number of piperazine rings is 1. The largest absolute Gasteiger partial charge is 0.379 e. The van der Waals surface area contributed by atoms with Crippen LogP contribution in [-0.4, -0.2) is 97.0 Å². The van der Waals surface area contributed by atoms with Crippen molar-refractivity contribution in [3.8, 4) is 0 Å². The molecule has 3 rings (SSSR count). The van der Waals surface area contributed by atoms with Crippen molar-refractivity contribution in [1.82, 2.24) is 24.9 Å². The molecule has 2 aliphatic rings. The highest BCUT2D eigenvalue weighted by Crippen LogP contribution is 2.20. The molecule has 0 radical (unpaired) electrons. The summed E-state index contributed by atoms with van der Waals surface area (Å²) in [7, 11) is 3.65. The number of carbonyl (C=O) groups excluding carboxylic acids is 1. The Hall–Kier alpha value is -1.40. The number of anilines is 1. The molecule has 10 heteroatoms. The van der Waals surface area contributed by atoms with Crippen LogP contribution >= 0.6 is 24.0 Å².